The molecule has 0 bridgehead atoms. The summed E-state index contributed by atoms with van der Waals surface area (Å²) in [6, 6.07) is 10.2. The lowest BCUT2D eigenvalue weighted by Crippen LogP contribution is -2.31. The van der Waals surface area contributed by atoms with Crippen LogP contribution in [0.5, 0.6) is 5.75 Å². The first kappa shape index (κ1) is 15.4. The van der Waals surface area contributed by atoms with Crippen LogP contribution in [0.4, 0.5) is 0 Å². The number of methoxy groups -OCH3 is 1. The zero-order chi connectivity index (χ0) is 14.6. The SMILES string of the molecule is COc1ccc(CNCC(C)(C)c2cccs2)cc1Cl. The lowest BCUT2D eigenvalue weighted by Gasteiger charge is -2.23. The van der Waals surface area contributed by atoms with E-state index in [0.29, 0.717) is 10.8 Å². The molecule has 1 aromatic heterocycles. The van der Waals surface area contributed by atoms with Gasteiger partial charge in [0.15, 0.2) is 0 Å². The number of hydrogen-bond acceptors (Lipinski definition) is 3. The van der Waals surface area contributed by atoms with Gasteiger partial charge in [-0.25, -0.2) is 0 Å². The van der Waals surface area contributed by atoms with Crippen LogP contribution >= 0.6 is 22.9 Å². The molecule has 0 fully saturated rings. The van der Waals surface area contributed by atoms with E-state index in [0.717, 1.165) is 18.7 Å². The molecule has 0 amide bonds. The minimum Gasteiger partial charge on any atom is -0.495 e. The van der Waals surface area contributed by atoms with Crippen molar-refractivity contribution < 1.29 is 4.74 Å². The molecule has 1 aromatic carbocycles. The first-order valence-corrected chi connectivity index (χ1v) is 7.86. The maximum Gasteiger partial charge on any atom is 0.137 e. The van der Waals surface area contributed by atoms with Gasteiger partial charge in [0.25, 0.3) is 0 Å². The molecule has 0 atom stereocenters. The van der Waals surface area contributed by atoms with Crippen LogP contribution in [0, 0.1) is 0 Å². The summed E-state index contributed by atoms with van der Waals surface area (Å²) in [5.41, 5.74) is 1.31. The Balaban J connectivity index is 1.91. The Morgan fingerprint density at radius 2 is 2.10 bits per heavy atom. The molecule has 4 heteroatoms. The molecule has 0 aliphatic carbocycles. The van der Waals surface area contributed by atoms with Gasteiger partial charge in [-0.3, -0.25) is 0 Å². The zero-order valence-corrected chi connectivity index (χ0v) is 13.6. The number of ether oxygens (including phenoxy) is 1. The first-order valence-electron chi connectivity index (χ1n) is 6.60. The quantitative estimate of drug-likeness (QED) is 0.849. The third-order valence-corrected chi connectivity index (χ3v) is 4.83. The molecule has 0 spiro atoms. The van der Waals surface area contributed by atoms with Crippen LogP contribution in [0.3, 0.4) is 0 Å². The average molecular weight is 310 g/mol. The second-order valence-corrected chi connectivity index (χ2v) is 6.79. The predicted octanol–water partition coefficient (Wildman–Crippen LogP) is 4.48. The van der Waals surface area contributed by atoms with Crippen LogP contribution in [0.25, 0.3) is 0 Å². The maximum absolute atomic E-state index is 6.13. The van der Waals surface area contributed by atoms with E-state index in [1.807, 2.05) is 18.2 Å². The first-order chi connectivity index (χ1) is 9.53. The number of rotatable bonds is 6. The Labute approximate surface area is 129 Å². The number of benzene rings is 1. The lowest BCUT2D eigenvalue weighted by molar-refractivity contribution is 0.414. The van der Waals surface area contributed by atoms with Crippen LogP contribution in [0.1, 0.15) is 24.3 Å². The summed E-state index contributed by atoms with van der Waals surface area (Å²) in [4.78, 5) is 1.40. The Morgan fingerprint density at radius 3 is 2.70 bits per heavy atom. The number of thiophene rings is 1. The molecule has 2 aromatic rings. The number of nitrogens with one attached hydrogen (secondary N) is 1. The summed E-state index contributed by atoms with van der Waals surface area (Å²) in [7, 11) is 1.63. The fraction of sp³-hybridized carbons (Fsp3) is 0.375. The van der Waals surface area contributed by atoms with Gasteiger partial charge in [0.05, 0.1) is 12.1 Å². The van der Waals surface area contributed by atoms with Crippen molar-refractivity contribution in [3.8, 4) is 5.75 Å². The van der Waals surface area contributed by atoms with Crippen molar-refractivity contribution >= 4 is 22.9 Å². The summed E-state index contributed by atoms with van der Waals surface area (Å²) in [6.45, 7) is 6.25. The van der Waals surface area contributed by atoms with Gasteiger partial charge in [0.1, 0.15) is 5.75 Å². The van der Waals surface area contributed by atoms with Crippen LogP contribution in [0.2, 0.25) is 5.02 Å². The second kappa shape index (κ2) is 6.61. The highest BCUT2D eigenvalue weighted by Gasteiger charge is 2.20. The van der Waals surface area contributed by atoms with E-state index in [2.05, 4.69) is 36.7 Å². The van der Waals surface area contributed by atoms with E-state index in [1.165, 1.54) is 4.88 Å². The van der Waals surface area contributed by atoms with Gasteiger partial charge in [-0.2, -0.15) is 0 Å². The third kappa shape index (κ3) is 3.75. The summed E-state index contributed by atoms with van der Waals surface area (Å²) in [6.07, 6.45) is 0. The highest BCUT2D eigenvalue weighted by atomic mass is 35.5. The monoisotopic (exact) mass is 309 g/mol. The third-order valence-electron chi connectivity index (χ3n) is 3.30. The minimum atomic E-state index is 0.143. The van der Waals surface area contributed by atoms with Crippen molar-refractivity contribution in [2.75, 3.05) is 13.7 Å². The molecule has 0 unspecified atom stereocenters. The van der Waals surface area contributed by atoms with Crippen LogP contribution in [-0.4, -0.2) is 13.7 Å². The molecule has 1 N–H and O–H groups in total. The van der Waals surface area contributed by atoms with E-state index in [-0.39, 0.29) is 5.41 Å². The molecule has 1 heterocycles. The summed E-state index contributed by atoms with van der Waals surface area (Å²) >= 11 is 7.93. The molecular formula is C16H20ClNOS. The topological polar surface area (TPSA) is 21.3 Å². The molecule has 0 saturated heterocycles. The van der Waals surface area contributed by atoms with Crippen molar-refractivity contribution in [1.29, 1.82) is 0 Å². The van der Waals surface area contributed by atoms with Crippen molar-refractivity contribution in [3.63, 3.8) is 0 Å². The molecule has 2 nitrogen and oxygen atoms in total. The van der Waals surface area contributed by atoms with Crippen molar-refractivity contribution in [1.82, 2.24) is 5.32 Å². The Morgan fingerprint density at radius 1 is 1.30 bits per heavy atom. The predicted molar refractivity (Wildman–Crippen MR) is 87.1 cm³/mol. The Hall–Kier alpha value is -1.03. The smallest absolute Gasteiger partial charge is 0.137 e. The van der Waals surface area contributed by atoms with Crippen molar-refractivity contribution in [2.24, 2.45) is 0 Å². The van der Waals surface area contributed by atoms with E-state index in [4.69, 9.17) is 16.3 Å². The molecule has 0 aliphatic rings. The van der Waals surface area contributed by atoms with Crippen LogP contribution in [-0.2, 0) is 12.0 Å². The van der Waals surface area contributed by atoms with E-state index in [9.17, 15) is 0 Å². The zero-order valence-electron chi connectivity index (χ0n) is 12.1. The molecule has 108 valence electrons. The van der Waals surface area contributed by atoms with E-state index >= 15 is 0 Å². The largest absolute Gasteiger partial charge is 0.495 e. The van der Waals surface area contributed by atoms with Crippen LogP contribution < -0.4 is 10.1 Å². The number of halogens is 1. The second-order valence-electron chi connectivity index (χ2n) is 5.43. The van der Waals surface area contributed by atoms with Crippen molar-refractivity contribution in [3.05, 3.63) is 51.2 Å². The van der Waals surface area contributed by atoms with Gasteiger partial charge < -0.3 is 10.1 Å². The number of hydrogen-bond donors (Lipinski definition) is 1. The van der Waals surface area contributed by atoms with Crippen molar-refractivity contribution in [2.45, 2.75) is 25.8 Å². The Kier molecular flexibility index (Phi) is 5.08. The summed E-state index contributed by atoms with van der Waals surface area (Å²) < 4.78 is 5.16. The fourth-order valence-electron chi connectivity index (χ4n) is 2.09. The lowest BCUT2D eigenvalue weighted by atomic mass is 9.91. The highest BCUT2D eigenvalue weighted by molar-refractivity contribution is 7.10. The van der Waals surface area contributed by atoms with Gasteiger partial charge in [0.2, 0.25) is 0 Å². The molecule has 2 rings (SSSR count). The molecular weight excluding hydrogens is 290 g/mol. The molecule has 0 saturated carbocycles. The molecule has 0 radical (unpaired) electrons. The fourth-order valence-corrected chi connectivity index (χ4v) is 3.22. The average Bonchev–Trinajstić information content (AvgIpc) is 2.93. The van der Waals surface area contributed by atoms with Crippen LogP contribution in [0.15, 0.2) is 35.7 Å². The Bertz CT molecular complexity index is 552. The molecule has 20 heavy (non-hydrogen) atoms. The van der Waals surface area contributed by atoms with Gasteiger partial charge in [0, 0.05) is 23.4 Å². The molecule has 0 aliphatic heterocycles. The standard InChI is InChI=1S/C16H20ClNOS/c1-16(2,15-5-4-8-20-15)11-18-10-12-6-7-14(19-3)13(17)9-12/h4-9,18H,10-11H2,1-3H3. The normalized spacial score (nSPS) is 11.6. The van der Waals surface area contributed by atoms with Gasteiger partial charge in [-0.1, -0.05) is 37.6 Å². The van der Waals surface area contributed by atoms with E-state index < -0.39 is 0 Å². The van der Waals surface area contributed by atoms with Gasteiger partial charge in [-0.15, -0.1) is 11.3 Å². The maximum atomic E-state index is 6.13. The van der Waals surface area contributed by atoms with Gasteiger partial charge in [-0.05, 0) is 29.1 Å². The highest BCUT2D eigenvalue weighted by Crippen LogP contribution is 2.27. The van der Waals surface area contributed by atoms with E-state index in [1.54, 1.807) is 18.4 Å². The minimum absolute atomic E-state index is 0.143. The summed E-state index contributed by atoms with van der Waals surface area (Å²) in [5, 5.41) is 6.28. The summed E-state index contributed by atoms with van der Waals surface area (Å²) in [5.74, 6) is 0.717. The van der Waals surface area contributed by atoms with Gasteiger partial charge >= 0.3 is 0 Å².